The number of aliphatic hydroxyl groups is 1. The van der Waals surface area contributed by atoms with Gasteiger partial charge in [0.25, 0.3) is 0 Å². The Labute approximate surface area is 133 Å². The molecule has 6 nitrogen and oxygen atoms in total. The summed E-state index contributed by atoms with van der Waals surface area (Å²) in [5.74, 6) is 0.523. The van der Waals surface area contributed by atoms with Gasteiger partial charge >= 0.3 is 0 Å². The van der Waals surface area contributed by atoms with E-state index in [9.17, 15) is 5.11 Å². The van der Waals surface area contributed by atoms with Crippen molar-refractivity contribution in [1.82, 2.24) is 20.2 Å². The van der Waals surface area contributed by atoms with Crippen LogP contribution in [0, 0.1) is 6.92 Å². The average Bonchev–Trinajstić information content (AvgIpc) is 3.14. The number of hydrogen-bond donors (Lipinski definition) is 2. The fourth-order valence-corrected chi connectivity index (χ4v) is 3.02. The Kier molecular flexibility index (Phi) is 3.31. The number of anilines is 1. The smallest absolute Gasteiger partial charge is 0.248 e. The van der Waals surface area contributed by atoms with Crippen molar-refractivity contribution in [2.75, 3.05) is 5.32 Å². The van der Waals surface area contributed by atoms with Crippen LogP contribution in [-0.4, -0.2) is 31.4 Å². The molecular formula is C17H17N5O. The Morgan fingerprint density at radius 1 is 1.13 bits per heavy atom. The fraction of sp³-hybridized carbons (Fsp3) is 0.235. The third kappa shape index (κ3) is 2.47. The van der Waals surface area contributed by atoms with Crippen LogP contribution in [0.15, 0.2) is 48.5 Å². The van der Waals surface area contributed by atoms with Crippen LogP contribution in [0.3, 0.4) is 0 Å². The third-order valence-electron chi connectivity index (χ3n) is 4.24. The molecule has 0 aliphatic heterocycles. The Bertz CT molecular complexity index is 827. The maximum atomic E-state index is 10.4. The van der Waals surface area contributed by atoms with E-state index in [2.05, 4.69) is 20.8 Å². The highest BCUT2D eigenvalue weighted by atomic mass is 16.3. The van der Waals surface area contributed by atoms with Crippen molar-refractivity contribution < 1.29 is 5.11 Å². The van der Waals surface area contributed by atoms with E-state index < -0.39 is 6.10 Å². The highest BCUT2D eigenvalue weighted by Crippen LogP contribution is 2.33. The predicted octanol–water partition coefficient (Wildman–Crippen LogP) is 2.04. The number of nitrogens with zero attached hydrogens (tertiary/aromatic N) is 4. The Morgan fingerprint density at radius 3 is 2.74 bits per heavy atom. The van der Waals surface area contributed by atoms with Crippen molar-refractivity contribution in [3.05, 3.63) is 65.2 Å². The zero-order valence-corrected chi connectivity index (χ0v) is 12.7. The van der Waals surface area contributed by atoms with Gasteiger partial charge in [0, 0.05) is 6.42 Å². The number of aliphatic hydroxyl groups excluding tert-OH is 1. The van der Waals surface area contributed by atoms with Gasteiger partial charge in [-0.1, -0.05) is 47.1 Å². The van der Waals surface area contributed by atoms with Gasteiger partial charge in [0.1, 0.15) is 0 Å². The number of tetrazole rings is 1. The number of aryl methyl sites for hydroxylation is 1. The molecule has 0 saturated carbocycles. The molecule has 0 amide bonds. The molecule has 23 heavy (non-hydrogen) atoms. The second kappa shape index (κ2) is 5.48. The monoisotopic (exact) mass is 307 g/mol. The van der Waals surface area contributed by atoms with E-state index in [4.69, 9.17) is 0 Å². The second-order valence-electron chi connectivity index (χ2n) is 5.84. The van der Waals surface area contributed by atoms with E-state index in [-0.39, 0.29) is 6.04 Å². The van der Waals surface area contributed by atoms with Crippen LogP contribution in [-0.2, 0) is 6.42 Å². The first kappa shape index (κ1) is 13.9. The Balaban J connectivity index is 1.66. The van der Waals surface area contributed by atoms with E-state index in [0.717, 1.165) is 16.8 Å². The minimum absolute atomic E-state index is 0.207. The summed E-state index contributed by atoms with van der Waals surface area (Å²) in [6.07, 6.45) is 0.149. The molecule has 0 fully saturated rings. The van der Waals surface area contributed by atoms with Gasteiger partial charge < -0.3 is 10.4 Å². The van der Waals surface area contributed by atoms with Crippen molar-refractivity contribution >= 4 is 5.95 Å². The van der Waals surface area contributed by atoms with Gasteiger partial charge in [-0.05, 0) is 40.6 Å². The molecule has 1 heterocycles. The van der Waals surface area contributed by atoms with Crippen LogP contribution < -0.4 is 5.32 Å². The summed E-state index contributed by atoms with van der Waals surface area (Å²) in [4.78, 5) is 0. The minimum atomic E-state index is -0.490. The highest BCUT2D eigenvalue weighted by Gasteiger charge is 2.31. The molecule has 0 spiro atoms. The molecule has 1 aliphatic carbocycles. The summed E-state index contributed by atoms with van der Waals surface area (Å²) >= 11 is 0. The standard InChI is InChI=1S/C17H17N5O/c1-11-6-8-13(9-7-11)22-17(19-20-21-22)18-16-14-5-3-2-4-12(14)10-15(16)23/h2-9,15-16,23H,10H2,1H3,(H,18,19,21)/t15-,16+/m0/s1. The van der Waals surface area contributed by atoms with Gasteiger partial charge in [-0.3, -0.25) is 0 Å². The van der Waals surface area contributed by atoms with E-state index in [0.29, 0.717) is 12.4 Å². The van der Waals surface area contributed by atoms with Crippen molar-refractivity contribution in [2.24, 2.45) is 0 Å². The van der Waals surface area contributed by atoms with Crippen LogP contribution in [0.25, 0.3) is 5.69 Å². The summed E-state index contributed by atoms with van der Waals surface area (Å²) in [5, 5.41) is 25.5. The number of fused-ring (bicyclic) bond motifs is 1. The molecular weight excluding hydrogens is 290 g/mol. The summed E-state index contributed by atoms with van der Waals surface area (Å²) in [7, 11) is 0. The van der Waals surface area contributed by atoms with E-state index in [1.807, 2.05) is 55.5 Å². The second-order valence-corrected chi connectivity index (χ2v) is 5.84. The molecule has 0 unspecified atom stereocenters. The van der Waals surface area contributed by atoms with Crippen molar-refractivity contribution in [2.45, 2.75) is 25.5 Å². The van der Waals surface area contributed by atoms with Gasteiger partial charge in [-0.25, -0.2) is 0 Å². The first-order valence-corrected chi connectivity index (χ1v) is 7.60. The molecule has 2 aromatic carbocycles. The summed E-state index contributed by atoms with van der Waals surface area (Å²) < 4.78 is 1.65. The Hall–Kier alpha value is -2.73. The molecule has 2 atom stereocenters. The van der Waals surface area contributed by atoms with Gasteiger partial charge in [0.2, 0.25) is 5.95 Å². The summed E-state index contributed by atoms with van der Waals surface area (Å²) in [6.45, 7) is 2.04. The maximum absolute atomic E-state index is 10.4. The van der Waals surface area contributed by atoms with Crippen molar-refractivity contribution in [3.8, 4) is 5.69 Å². The van der Waals surface area contributed by atoms with E-state index in [1.165, 1.54) is 5.56 Å². The molecule has 4 rings (SSSR count). The SMILES string of the molecule is Cc1ccc(-n2nnnc2N[C@@H]2c3ccccc3C[C@@H]2O)cc1. The first-order chi connectivity index (χ1) is 11.2. The van der Waals surface area contributed by atoms with Gasteiger partial charge in [-0.2, -0.15) is 4.68 Å². The molecule has 1 aliphatic rings. The fourth-order valence-electron chi connectivity index (χ4n) is 3.02. The molecule has 6 heteroatoms. The minimum Gasteiger partial charge on any atom is -0.390 e. The van der Waals surface area contributed by atoms with Crippen molar-refractivity contribution in [1.29, 1.82) is 0 Å². The lowest BCUT2D eigenvalue weighted by atomic mass is 10.1. The molecule has 0 saturated heterocycles. The first-order valence-electron chi connectivity index (χ1n) is 7.60. The lowest BCUT2D eigenvalue weighted by Crippen LogP contribution is -2.23. The van der Waals surface area contributed by atoms with Gasteiger partial charge in [-0.15, -0.1) is 0 Å². The molecule has 116 valence electrons. The maximum Gasteiger partial charge on any atom is 0.248 e. The zero-order chi connectivity index (χ0) is 15.8. The topological polar surface area (TPSA) is 75.9 Å². The summed E-state index contributed by atoms with van der Waals surface area (Å²) in [5.41, 5.74) is 4.31. The highest BCUT2D eigenvalue weighted by molar-refractivity contribution is 5.45. The largest absolute Gasteiger partial charge is 0.390 e. The van der Waals surface area contributed by atoms with Crippen LogP contribution in [0.2, 0.25) is 0 Å². The van der Waals surface area contributed by atoms with E-state index >= 15 is 0 Å². The quantitative estimate of drug-likeness (QED) is 0.774. The van der Waals surface area contributed by atoms with Crippen molar-refractivity contribution in [3.63, 3.8) is 0 Å². The van der Waals surface area contributed by atoms with E-state index in [1.54, 1.807) is 4.68 Å². The van der Waals surface area contributed by atoms with Crippen LogP contribution >= 0.6 is 0 Å². The zero-order valence-electron chi connectivity index (χ0n) is 12.7. The van der Waals surface area contributed by atoms with Crippen LogP contribution in [0.4, 0.5) is 5.95 Å². The summed E-state index contributed by atoms with van der Waals surface area (Å²) in [6, 6.07) is 15.8. The predicted molar refractivity (Wildman–Crippen MR) is 86.4 cm³/mol. The lowest BCUT2D eigenvalue weighted by Gasteiger charge is -2.18. The number of rotatable bonds is 3. The molecule has 1 aromatic heterocycles. The van der Waals surface area contributed by atoms with Crippen LogP contribution in [0.5, 0.6) is 0 Å². The van der Waals surface area contributed by atoms with Crippen LogP contribution in [0.1, 0.15) is 22.7 Å². The van der Waals surface area contributed by atoms with Gasteiger partial charge in [0.05, 0.1) is 17.8 Å². The molecule has 2 N–H and O–H groups in total. The number of benzene rings is 2. The van der Waals surface area contributed by atoms with Gasteiger partial charge in [0.15, 0.2) is 0 Å². The number of hydrogen-bond acceptors (Lipinski definition) is 5. The average molecular weight is 307 g/mol. The lowest BCUT2D eigenvalue weighted by molar-refractivity contribution is 0.165. The Morgan fingerprint density at radius 2 is 1.91 bits per heavy atom. The third-order valence-corrected chi connectivity index (χ3v) is 4.24. The molecule has 0 radical (unpaired) electrons. The molecule has 0 bridgehead atoms. The normalized spacial score (nSPS) is 19.6. The number of nitrogens with one attached hydrogen (secondary N) is 1. The number of aromatic nitrogens is 4. The molecule has 3 aromatic rings.